The molecule has 0 aromatic heterocycles. The van der Waals surface area contributed by atoms with Crippen molar-refractivity contribution in [2.75, 3.05) is 20.2 Å². The van der Waals surface area contributed by atoms with Gasteiger partial charge in [0.25, 0.3) is 0 Å². The predicted molar refractivity (Wildman–Crippen MR) is 79.7 cm³/mol. The molecular formula is C16H26N2O. The smallest absolute Gasteiger partial charge is 0.122 e. The molecule has 0 saturated heterocycles. The Kier molecular flexibility index (Phi) is 4.83. The normalized spacial score (nSPS) is 22.1. The Labute approximate surface area is 116 Å². The molecule has 1 aromatic rings. The van der Waals surface area contributed by atoms with E-state index >= 15 is 0 Å². The van der Waals surface area contributed by atoms with Crippen molar-refractivity contribution in [2.24, 2.45) is 11.7 Å². The van der Waals surface area contributed by atoms with Crippen molar-refractivity contribution in [3.63, 3.8) is 0 Å². The molecule has 3 heteroatoms. The Morgan fingerprint density at radius 2 is 2.00 bits per heavy atom. The molecule has 0 aliphatic heterocycles. The number of methoxy groups -OCH3 is 1. The zero-order valence-electron chi connectivity index (χ0n) is 12.3. The molecule has 1 saturated carbocycles. The van der Waals surface area contributed by atoms with Crippen LogP contribution in [0.2, 0.25) is 0 Å². The molecule has 0 atom stereocenters. The van der Waals surface area contributed by atoms with Gasteiger partial charge in [0.2, 0.25) is 0 Å². The van der Waals surface area contributed by atoms with Crippen molar-refractivity contribution < 1.29 is 4.74 Å². The van der Waals surface area contributed by atoms with Gasteiger partial charge < -0.3 is 15.8 Å². The molecule has 2 rings (SSSR count). The highest BCUT2D eigenvalue weighted by Gasteiger charge is 2.24. The summed E-state index contributed by atoms with van der Waals surface area (Å²) in [6.45, 7) is 6.41. The van der Waals surface area contributed by atoms with Crippen LogP contribution >= 0.6 is 0 Å². The van der Waals surface area contributed by atoms with E-state index < -0.39 is 0 Å². The van der Waals surface area contributed by atoms with E-state index in [0.717, 1.165) is 31.2 Å². The van der Waals surface area contributed by atoms with E-state index in [1.165, 1.54) is 29.5 Å². The molecule has 19 heavy (non-hydrogen) atoms. The Morgan fingerprint density at radius 1 is 1.26 bits per heavy atom. The van der Waals surface area contributed by atoms with Gasteiger partial charge >= 0.3 is 0 Å². The topological polar surface area (TPSA) is 47.3 Å². The van der Waals surface area contributed by atoms with Crippen molar-refractivity contribution in [1.82, 2.24) is 5.32 Å². The zero-order valence-corrected chi connectivity index (χ0v) is 12.3. The SMILES string of the molecule is COc1cc(C)c(CCNCC2CC(N)C2)cc1C. The van der Waals surface area contributed by atoms with E-state index in [0.29, 0.717) is 6.04 Å². The van der Waals surface area contributed by atoms with Crippen LogP contribution in [0, 0.1) is 19.8 Å². The van der Waals surface area contributed by atoms with Gasteiger partial charge in [-0.15, -0.1) is 0 Å². The highest BCUT2D eigenvalue weighted by atomic mass is 16.5. The highest BCUT2D eigenvalue weighted by molar-refractivity contribution is 5.41. The van der Waals surface area contributed by atoms with Crippen LogP contribution in [-0.2, 0) is 6.42 Å². The van der Waals surface area contributed by atoms with Crippen molar-refractivity contribution in [3.05, 3.63) is 28.8 Å². The first-order chi connectivity index (χ1) is 9.10. The first-order valence-electron chi connectivity index (χ1n) is 7.20. The van der Waals surface area contributed by atoms with E-state index in [1.807, 2.05) is 0 Å². The Balaban J connectivity index is 1.77. The van der Waals surface area contributed by atoms with Gasteiger partial charge in [-0.3, -0.25) is 0 Å². The quantitative estimate of drug-likeness (QED) is 0.773. The third-order valence-corrected chi connectivity index (χ3v) is 4.13. The monoisotopic (exact) mass is 262 g/mol. The molecule has 1 aliphatic carbocycles. The lowest BCUT2D eigenvalue weighted by molar-refractivity contribution is 0.257. The van der Waals surface area contributed by atoms with Gasteiger partial charge in [0.1, 0.15) is 5.75 Å². The minimum Gasteiger partial charge on any atom is -0.496 e. The summed E-state index contributed by atoms with van der Waals surface area (Å²) >= 11 is 0. The molecule has 0 radical (unpaired) electrons. The summed E-state index contributed by atoms with van der Waals surface area (Å²) in [5, 5.41) is 3.54. The van der Waals surface area contributed by atoms with Crippen LogP contribution < -0.4 is 15.8 Å². The van der Waals surface area contributed by atoms with Gasteiger partial charge in [-0.1, -0.05) is 6.07 Å². The van der Waals surface area contributed by atoms with Crippen molar-refractivity contribution in [3.8, 4) is 5.75 Å². The van der Waals surface area contributed by atoms with E-state index in [-0.39, 0.29) is 0 Å². The van der Waals surface area contributed by atoms with Crippen LogP contribution in [0.3, 0.4) is 0 Å². The number of nitrogens with one attached hydrogen (secondary N) is 1. The standard InChI is InChI=1S/C16H26N2O/c1-11-7-16(19-3)12(2)6-14(11)4-5-18-10-13-8-15(17)9-13/h6-7,13,15,18H,4-5,8-10,17H2,1-3H3. The Hall–Kier alpha value is -1.06. The minimum absolute atomic E-state index is 0.457. The highest BCUT2D eigenvalue weighted by Crippen LogP contribution is 2.25. The molecule has 1 aromatic carbocycles. The van der Waals surface area contributed by atoms with E-state index in [1.54, 1.807) is 7.11 Å². The van der Waals surface area contributed by atoms with E-state index in [4.69, 9.17) is 10.5 Å². The first kappa shape index (κ1) is 14.4. The third kappa shape index (κ3) is 3.71. The van der Waals surface area contributed by atoms with Gasteiger partial charge in [-0.2, -0.15) is 0 Å². The molecule has 0 unspecified atom stereocenters. The number of ether oxygens (including phenoxy) is 1. The second kappa shape index (κ2) is 6.40. The molecule has 0 amide bonds. The molecule has 0 heterocycles. The van der Waals surface area contributed by atoms with Gasteiger partial charge in [-0.05, 0) is 74.9 Å². The van der Waals surface area contributed by atoms with Gasteiger partial charge in [0.15, 0.2) is 0 Å². The molecule has 3 nitrogen and oxygen atoms in total. The number of aryl methyl sites for hydroxylation is 2. The number of hydrogen-bond acceptors (Lipinski definition) is 3. The summed E-state index contributed by atoms with van der Waals surface area (Å²) in [5.41, 5.74) is 9.73. The van der Waals surface area contributed by atoms with Crippen LogP contribution in [0.1, 0.15) is 29.5 Å². The van der Waals surface area contributed by atoms with Crippen molar-refractivity contribution in [2.45, 2.75) is 39.2 Å². The average molecular weight is 262 g/mol. The fraction of sp³-hybridized carbons (Fsp3) is 0.625. The van der Waals surface area contributed by atoms with E-state index in [2.05, 4.69) is 31.3 Å². The lowest BCUT2D eigenvalue weighted by Gasteiger charge is -2.32. The Morgan fingerprint density at radius 3 is 2.63 bits per heavy atom. The molecule has 3 N–H and O–H groups in total. The third-order valence-electron chi connectivity index (χ3n) is 4.13. The summed E-state index contributed by atoms with van der Waals surface area (Å²) in [4.78, 5) is 0. The molecule has 106 valence electrons. The largest absolute Gasteiger partial charge is 0.496 e. The fourth-order valence-electron chi connectivity index (χ4n) is 2.82. The number of nitrogens with two attached hydrogens (primary N) is 1. The molecule has 0 spiro atoms. The lowest BCUT2D eigenvalue weighted by atomic mass is 9.81. The summed E-state index contributed by atoms with van der Waals surface area (Å²) in [7, 11) is 1.73. The molecule has 1 aliphatic rings. The molecular weight excluding hydrogens is 236 g/mol. The number of benzene rings is 1. The maximum absolute atomic E-state index is 5.79. The maximum Gasteiger partial charge on any atom is 0.122 e. The van der Waals surface area contributed by atoms with Crippen molar-refractivity contribution >= 4 is 0 Å². The Bertz CT molecular complexity index is 425. The van der Waals surface area contributed by atoms with Crippen LogP contribution in [0.15, 0.2) is 12.1 Å². The predicted octanol–water partition coefficient (Wildman–Crippen LogP) is 2.18. The maximum atomic E-state index is 5.79. The van der Waals surface area contributed by atoms with Crippen LogP contribution in [0.25, 0.3) is 0 Å². The second-order valence-corrected chi connectivity index (χ2v) is 5.80. The van der Waals surface area contributed by atoms with Crippen LogP contribution in [0.4, 0.5) is 0 Å². The summed E-state index contributed by atoms with van der Waals surface area (Å²) in [5.74, 6) is 1.78. The van der Waals surface area contributed by atoms with Gasteiger partial charge in [-0.25, -0.2) is 0 Å². The summed E-state index contributed by atoms with van der Waals surface area (Å²) in [6.07, 6.45) is 3.46. The van der Waals surface area contributed by atoms with Crippen LogP contribution in [0.5, 0.6) is 5.75 Å². The van der Waals surface area contributed by atoms with Gasteiger partial charge in [0, 0.05) is 6.04 Å². The lowest BCUT2D eigenvalue weighted by Crippen LogP contribution is -2.41. The van der Waals surface area contributed by atoms with Gasteiger partial charge in [0.05, 0.1) is 7.11 Å². The first-order valence-corrected chi connectivity index (χ1v) is 7.20. The minimum atomic E-state index is 0.457. The summed E-state index contributed by atoms with van der Waals surface area (Å²) < 4.78 is 5.34. The van der Waals surface area contributed by atoms with Crippen LogP contribution in [-0.4, -0.2) is 26.2 Å². The van der Waals surface area contributed by atoms with E-state index in [9.17, 15) is 0 Å². The molecule has 1 fully saturated rings. The average Bonchev–Trinajstić information content (AvgIpc) is 2.35. The second-order valence-electron chi connectivity index (χ2n) is 5.80. The summed E-state index contributed by atoms with van der Waals surface area (Å²) in [6, 6.07) is 4.84. The van der Waals surface area contributed by atoms with Crippen molar-refractivity contribution in [1.29, 1.82) is 0 Å². The number of rotatable bonds is 6. The molecule has 0 bridgehead atoms. The fourth-order valence-corrected chi connectivity index (χ4v) is 2.82. The number of hydrogen-bond donors (Lipinski definition) is 2. The zero-order chi connectivity index (χ0) is 13.8.